The summed E-state index contributed by atoms with van der Waals surface area (Å²) in [6, 6.07) is -1.15. The van der Waals surface area contributed by atoms with E-state index in [4.69, 9.17) is 0 Å². The van der Waals surface area contributed by atoms with Crippen LogP contribution in [0.2, 0.25) is 0 Å². The van der Waals surface area contributed by atoms with Crippen molar-refractivity contribution in [2.45, 2.75) is 13.0 Å². The summed E-state index contributed by atoms with van der Waals surface area (Å²) in [5.41, 5.74) is 0.872. The lowest BCUT2D eigenvalue weighted by Gasteiger charge is -2.11. The maximum absolute atomic E-state index is 12.0. The number of rotatable bonds is 4. The lowest BCUT2D eigenvalue weighted by atomic mass is 10.1. The average Bonchev–Trinajstić information content (AvgIpc) is 2.94. The topological polar surface area (TPSA) is 110 Å². The summed E-state index contributed by atoms with van der Waals surface area (Å²) in [5.74, 6) is -1.67. The number of nitrogens with zero attached hydrogens (tertiary/aromatic N) is 4. The fourth-order valence-corrected chi connectivity index (χ4v) is 2.07. The van der Waals surface area contributed by atoms with Crippen LogP contribution in [0.15, 0.2) is 12.4 Å². The maximum Gasteiger partial charge on any atom is 0.331 e. The summed E-state index contributed by atoms with van der Waals surface area (Å²) in [5, 5.41) is 19.2. The minimum absolute atomic E-state index is 0.301. The summed E-state index contributed by atoms with van der Waals surface area (Å²) in [7, 11) is 1.67. The maximum atomic E-state index is 12.0. The van der Waals surface area contributed by atoms with Crippen LogP contribution in [0, 0.1) is 6.92 Å². The predicted molar refractivity (Wildman–Crippen MR) is 65.7 cm³/mol. The molecule has 2 aromatic heterocycles. The third kappa shape index (κ3) is 2.76. The highest BCUT2D eigenvalue weighted by Gasteiger charge is 2.25. The van der Waals surface area contributed by atoms with E-state index in [1.165, 1.54) is 17.1 Å². The highest BCUT2D eigenvalue weighted by Crippen LogP contribution is 2.15. The minimum atomic E-state index is -1.16. The van der Waals surface area contributed by atoms with Crippen molar-refractivity contribution in [1.29, 1.82) is 0 Å². The number of hydrogen-bond acceptors (Lipinski definition) is 6. The van der Waals surface area contributed by atoms with Crippen LogP contribution in [-0.4, -0.2) is 36.4 Å². The number of nitrogens with one attached hydrogen (secondary N) is 1. The number of carbonyl (C=O) groups is 2. The first-order valence-electron chi connectivity index (χ1n) is 5.30. The predicted octanol–water partition coefficient (Wildman–Crippen LogP) is 0.136. The molecule has 1 atom stereocenters. The molecule has 0 aliphatic heterocycles. The van der Waals surface area contributed by atoms with Gasteiger partial charge in [-0.25, -0.2) is 4.79 Å². The molecule has 1 amide bonds. The van der Waals surface area contributed by atoms with Gasteiger partial charge in [-0.3, -0.25) is 9.48 Å². The molecule has 0 aromatic carbocycles. The second-order valence-corrected chi connectivity index (χ2v) is 4.63. The SMILES string of the molecule is Cc1nnsc1C(=O)NC(C(=O)O)c1cnn(C)c1. The van der Waals surface area contributed by atoms with Gasteiger partial charge in [0.2, 0.25) is 0 Å². The molecule has 0 aliphatic carbocycles. The van der Waals surface area contributed by atoms with Gasteiger partial charge in [-0.2, -0.15) is 5.10 Å². The van der Waals surface area contributed by atoms with Crippen LogP contribution in [0.4, 0.5) is 0 Å². The molecule has 0 radical (unpaired) electrons. The van der Waals surface area contributed by atoms with Crippen LogP contribution in [0.3, 0.4) is 0 Å². The van der Waals surface area contributed by atoms with Crippen molar-refractivity contribution in [3.05, 3.63) is 28.5 Å². The van der Waals surface area contributed by atoms with Gasteiger partial charge in [-0.15, -0.1) is 5.10 Å². The smallest absolute Gasteiger partial charge is 0.331 e. The molecule has 0 aliphatic rings. The number of aliphatic carboxylic acids is 1. The highest BCUT2D eigenvalue weighted by molar-refractivity contribution is 7.08. The monoisotopic (exact) mass is 281 g/mol. The van der Waals surface area contributed by atoms with Crippen molar-refractivity contribution in [2.24, 2.45) is 7.05 Å². The van der Waals surface area contributed by atoms with Crippen molar-refractivity contribution in [3.8, 4) is 0 Å². The van der Waals surface area contributed by atoms with E-state index < -0.39 is 17.9 Å². The molecule has 1 unspecified atom stereocenters. The second kappa shape index (κ2) is 5.14. The molecule has 2 rings (SSSR count). The third-order valence-corrected chi connectivity index (χ3v) is 3.27. The Morgan fingerprint density at radius 3 is 2.74 bits per heavy atom. The Morgan fingerprint density at radius 1 is 1.53 bits per heavy atom. The Labute approximate surface area is 112 Å². The second-order valence-electron chi connectivity index (χ2n) is 3.88. The first kappa shape index (κ1) is 13.1. The number of hydrogen-bond donors (Lipinski definition) is 2. The zero-order valence-electron chi connectivity index (χ0n) is 10.2. The van der Waals surface area contributed by atoms with Crippen molar-refractivity contribution in [1.82, 2.24) is 24.7 Å². The van der Waals surface area contributed by atoms with Gasteiger partial charge in [-0.1, -0.05) is 4.49 Å². The molecule has 19 heavy (non-hydrogen) atoms. The van der Waals surface area contributed by atoms with Crippen LogP contribution < -0.4 is 5.32 Å². The standard InChI is InChI=1S/C10H11N5O3S/c1-5-8(19-14-13-5)9(16)12-7(10(17)18)6-3-11-15(2)4-6/h3-4,7H,1-2H3,(H,12,16)(H,17,18). The van der Waals surface area contributed by atoms with Gasteiger partial charge in [0.15, 0.2) is 6.04 Å². The fourth-order valence-electron chi connectivity index (χ4n) is 1.51. The van der Waals surface area contributed by atoms with Crippen LogP contribution in [0.25, 0.3) is 0 Å². The Bertz CT molecular complexity index is 620. The molecule has 9 heteroatoms. The normalized spacial score (nSPS) is 12.1. The quantitative estimate of drug-likeness (QED) is 0.824. The fraction of sp³-hybridized carbons (Fsp3) is 0.300. The summed E-state index contributed by atoms with van der Waals surface area (Å²) >= 11 is 0.925. The zero-order valence-corrected chi connectivity index (χ0v) is 11.0. The van der Waals surface area contributed by atoms with E-state index in [9.17, 15) is 14.7 Å². The lowest BCUT2D eigenvalue weighted by Crippen LogP contribution is -2.33. The van der Waals surface area contributed by atoms with Crippen LogP contribution in [0.1, 0.15) is 27.0 Å². The molecule has 0 spiro atoms. The Kier molecular flexibility index (Phi) is 3.56. The van der Waals surface area contributed by atoms with Crippen molar-refractivity contribution in [2.75, 3.05) is 0 Å². The van der Waals surface area contributed by atoms with Crippen LogP contribution in [-0.2, 0) is 11.8 Å². The Hall–Kier alpha value is -2.29. The molecular formula is C10H11N5O3S. The van der Waals surface area contributed by atoms with Crippen LogP contribution in [0.5, 0.6) is 0 Å². The number of amides is 1. The van der Waals surface area contributed by atoms with Gasteiger partial charge in [0.1, 0.15) is 4.88 Å². The van der Waals surface area contributed by atoms with Gasteiger partial charge < -0.3 is 10.4 Å². The van der Waals surface area contributed by atoms with Crippen LogP contribution >= 0.6 is 11.5 Å². The Morgan fingerprint density at radius 2 is 2.26 bits per heavy atom. The van der Waals surface area contributed by atoms with Crippen molar-refractivity contribution in [3.63, 3.8) is 0 Å². The van der Waals surface area contributed by atoms with Gasteiger partial charge in [0, 0.05) is 18.8 Å². The number of carboxylic acid groups (broad SMARTS) is 1. The van der Waals surface area contributed by atoms with Gasteiger partial charge in [0.25, 0.3) is 5.91 Å². The van der Waals surface area contributed by atoms with E-state index in [1.807, 2.05) is 0 Å². The van der Waals surface area contributed by atoms with Gasteiger partial charge in [0.05, 0.1) is 11.9 Å². The summed E-state index contributed by atoms with van der Waals surface area (Å²) in [4.78, 5) is 23.5. The van der Waals surface area contributed by atoms with Gasteiger partial charge in [-0.05, 0) is 18.5 Å². The van der Waals surface area contributed by atoms with E-state index >= 15 is 0 Å². The highest BCUT2D eigenvalue weighted by atomic mass is 32.1. The number of carbonyl (C=O) groups excluding carboxylic acids is 1. The molecule has 0 bridgehead atoms. The summed E-state index contributed by atoms with van der Waals surface area (Å²) in [6.07, 6.45) is 2.94. The number of aromatic nitrogens is 4. The van der Waals surface area contributed by atoms with E-state index in [1.54, 1.807) is 14.0 Å². The lowest BCUT2D eigenvalue weighted by molar-refractivity contribution is -0.139. The first-order chi connectivity index (χ1) is 8.99. The summed E-state index contributed by atoms with van der Waals surface area (Å²) < 4.78 is 5.11. The molecule has 2 heterocycles. The average molecular weight is 281 g/mol. The molecule has 8 nitrogen and oxygen atoms in total. The Balaban J connectivity index is 2.21. The first-order valence-corrected chi connectivity index (χ1v) is 6.07. The van der Waals surface area contributed by atoms with Crippen molar-refractivity contribution < 1.29 is 14.7 Å². The van der Waals surface area contributed by atoms with Crippen molar-refractivity contribution >= 4 is 23.4 Å². The van der Waals surface area contributed by atoms with Gasteiger partial charge >= 0.3 is 5.97 Å². The van der Waals surface area contributed by atoms with E-state index in [-0.39, 0.29) is 0 Å². The largest absolute Gasteiger partial charge is 0.479 e. The molecule has 2 aromatic rings. The molecule has 100 valence electrons. The molecule has 0 saturated carbocycles. The molecule has 0 saturated heterocycles. The molecule has 2 N–H and O–H groups in total. The zero-order chi connectivity index (χ0) is 14.0. The summed E-state index contributed by atoms with van der Waals surface area (Å²) in [6.45, 7) is 1.64. The van der Waals surface area contributed by atoms with E-state index in [0.717, 1.165) is 11.5 Å². The van der Waals surface area contributed by atoms with E-state index in [2.05, 4.69) is 20.0 Å². The number of aryl methyl sites for hydroxylation is 2. The molecular weight excluding hydrogens is 270 g/mol. The number of carboxylic acids is 1. The minimum Gasteiger partial charge on any atom is -0.479 e. The van der Waals surface area contributed by atoms with E-state index in [0.29, 0.717) is 16.1 Å². The molecule has 0 fully saturated rings. The third-order valence-electron chi connectivity index (χ3n) is 2.44.